The van der Waals surface area contributed by atoms with E-state index in [1.807, 2.05) is 24.3 Å². The van der Waals surface area contributed by atoms with Crippen molar-refractivity contribution < 1.29 is 4.74 Å². The van der Waals surface area contributed by atoms with Crippen molar-refractivity contribution in [2.24, 2.45) is 0 Å². The second-order valence-corrected chi connectivity index (χ2v) is 6.17. The molecule has 0 unspecified atom stereocenters. The highest BCUT2D eigenvalue weighted by Gasteiger charge is 2.10. The Morgan fingerprint density at radius 2 is 1.56 bits per heavy atom. The highest BCUT2D eigenvalue weighted by Crippen LogP contribution is 2.33. The van der Waals surface area contributed by atoms with Gasteiger partial charge >= 0.3 is 0 Å². The van der Waals surface area contributed by atoms with Crippen molar-refractivity contribution in [2.45, 2.75) is 6.92 Å². The first-order chi connectivity index (χ1) is 12.2. The van der Waals surface area contributed by atoms with E-state index in [2.05, 4.69) is 61.5 Å². The minimum absolute atomic E-state index is 0.838. The average Bonchev–Trinajstić information content (AvgIpc) is 2.67. The summed E-state index contributed by atoms with van der Waals surface area (Å²) in [5.41, 5.74) is 6.63. The fourth-order valence-electron chi connectivity index (χ4n) is 3.13. The van der Waals surface area contributed by atoms with Crippen LogP contribution in [-0.2, 0) is 0 Å². The van der Waals surface area contributed by atoms with Crippen LogP contribution >= 0.6 is 0 Å². The predicted octanol–water partition coefficient (Wildman–Crippen LogP) is 5.89. The molecule has 2 nitrogen and oxygen atoms in total. The van der Waals surface area contributed by atoms with E-state index in [1.54, 1.807) is 7.11 Å². The molecule has 0 saturated heterocycles. The van der Waals surface area contributed by atoms with E-state index in [-0.39, 0.29) is 0 Å². The maximum atomic E-state index is 5.37. The van der Waals surface area contributed by atoms with Crippen LogP contribution in [0.4, 0.5) is 0 Å². The molecule has 1 heterocycles. The first-order valence-corrected chi connectivity index (χ1v) is 8.36. The molecule has 122 valence electrons. The van der Waals surface area contributed by atoms with E-state index >= 15 is 0 Å². The summed E-state index contributed by atoms with van der Waals surface area (Å²) < 4.78 is 5.37. The van der Waals surface area contributed by atoms with E-state index in [0.29, 0.717) is 0 Å². The van der Waals surface area contributed by atoms with Crippen molar-refractivity contribution in [3.05, 3.63) is 84.4 Å². The zero-order chi connectivity index (χ0) is 17.2. The van der Waals surface area contributed by atoms with Crippen LogP contribution in [0.25, 0.3) is 33.3 Å². The van der Waals surface area contributed by atoms with Gasteiger partial charge in [0, 0.05) is 10.9 Å². The molecule has 0 aliphatic heterocycles. The third-order valence-electron chi connectivity index (χ3n) is 4.42. The molecule has 1 aromatic heterocycles. The van der Waals surface area contributed by atoms with Crippen LogP contribution in [0, 0.1) is 6.92 Å². The summed E-state index contributed by atoms with van der Waals surface area (Å²) in [6, 6.07) is 27.1. The minimum atomic E-state index is 0.838. The number of pyridine rings is 1. The van der Waals surface area contributed by atoms with E-state index < -0.39 is 0 Å². The van der Waals surface area contributed by atoms with E-state index in [4.69, 9.17) is 9.72 Å². The molecule has 3 aromatic carbocycles. The Hall–Kier alpha value is -3.13. The van der Waals surface area contributed by atoms with Crippen LogP contribution in [-0.4, -0.2) is 12.1 Å². The summed E-state index contributed by atoms with van der Waals surface area (Å²) in [7, 11) is 1.69. The lowest BCUT2D eigenvalue weighted by Gasteiger charge is -2.11. The maximum Gasteiger partial charge on any atom is 0.119 e. The lowest BCUT2D eigenvalue weighted by molar-refractivity contribution is 0.415. The summed E-state index contributed by atoms with van der Waals surface area (Å²) in [6.07, 6.45) is 0. The molecule has 0 aliphatic rings. The predicted molar refractivity (Wildman–Crippen MR) is 104 cm³/mol. The van der Waals surface area contributed by atoms with Crippen LogP contribution in [0.1, 0.15) is 5.56 Å². The number of rotatable bonds is 3. The Balaban J connectivity index is 2.00. The number of methoxy groups -OCH3 is 1. The van der Waals surface area contributed by atoms with Crippen molar-refractivity contribution in [3.63, 3.8) is 0 Å². The standard InChI is InChI=1S/C23H19NO/c1-16-11-12-20-21(17-7-4-3-5-8-17)15-22(24-23(20)13-16)18-9-6-10-19(14-18)25-2/h3-15H,1-2H3. The molecular formula is C23H19NO. The summed E-state index contributed by atoms with van der Waals surface area (Å²) in [6.45, 7) is 2.10. The number of aryl methyl sites for hydroxylation is 1. The lowest BCUT2D eigenvalue weighted by Crippen LogP contribution is -1.91. The molecule has 0 atom stereocenters. The fourth-order valence-corrected chi connectivity index (χ4v) is 3.13. The van der Waals surface area contributed by atoms with Gasteiger partial charge in [0.2, 0.25) is 0 Å². The zero-order valence-electron chi connectivity index (χ0n) is 14.4. The molecule has 0 aliphatic carbocycles. The largest absolute Gasteiger partial charge is 0.497 e. The Morgan fingerprint density at radius 1 is 0.760 bits per heavy atom. The van der Waals surface area contributed by atoms with Gasteiger partial charge in [0.25, 0.3) is 0 Å². The lowest BCUT2D eigenvalue weighted by atomic mass is 9.97. The molecular weight excluding hydrogens is 306 g/mol. The number of aromatic nitrogens is 1. The molecule has 4 rings (SSSR count). The summed E-state index contributed by atoms with van der Waals surface area (Å²) in [5.74, 6) is 0.838. The SMILES string of the molecule is COc1cccc(-c2cc(-c3ccccc3)c3ccc(C)cc3n2)c1. The zero-order valence-corrected chi connectivity index (χ0v) is 14.4. The first kappa shape index (κ1) is 15.4. The van der Waals surface area contributed by atoms with Crippen molar-refractivity contribution in [2.75, 3.05) is 7.11 Å². The first-order valence-electron chi connectivity index (χ1n) is 8.36. The highest BCUT2D eigenvalue weighted by atomic mass is 16.5. The van der Waals surface area contributed by atoms with E-state index in [0.717, 1.165) is 22.5 Å². The molecule has 2 heteroatoms. The van der Waals surface area contributed by atoms with Gasteiger partial charge in [-0.2, -0.15) is 0 Å². The van der Waals surface area contributed by atoms with Gasteiger partial charge in [-0.05, 0) is 47.9 Å². The van der Waals surface area contributed by atoms with Gasteiger partial charge in [-0.25, -0.2) is 4.98 Å². The molecule has 0 bridgehead atoms. The quantitative estimate of drug-likeness (QED) is 0.469. The Labute approximate surface area is 147 Å². The van der Waals surface area contributed by atoms with Gasteiger partial charge in [0.15, 0.2) is 0 Å². The molecule has 0 radical (unpaired) electrons. The Morgan fingerprint density at radius 3 is 2.36 bits per heavy atom. The van der Waals surface area contributed by atoms with Gasteiger partial charge in [-0.15, -0.1) is 0 Å². The molecule has 4 aromatic rings. The average molecular weight is 325 g/mol. The summed E-state index contributed by atoms with van der Waals surface area (Å²) in [4.78, 5) is 4.91. The summed E-state index contributed by atoms with van der Waals surface area (Å²) >= 11 is 0. The van der Waals surface area contributed by atoms with E-state index in [9.17, 15) is 0 Å². The van der Waals surface area contributed by atoms with E-state index in [1.165, 1.54) is 22.1 Å². The summed E-state index contributed by atoms with van der Waals surface area (Å²) in [5, 5.41) is 1.17. The van der Waals surface area contributed by atoms with Crippen LogP contribution in [0.5, 0.6) is 5.75 Å². The molecule has 0 fully saturated rings. The minimum Gasteiger partial charge on any atom is -0.497 e. The normalized spacial score (nSPS) is 10.8. The van der Waals surface area contributed by atoms with Crippen molar-refractivity contribution in [1.82, 2.24) is 4.98 Å². The second kappa shape index (κ2) is 6.40. The van der Waals surface area contributed by atoms with Crippen molar-refractivity contribution in [3.8, 4) is 28.1 Å². The molecule has 0 saturated carbocycles. The highest BCUT2D eigenvalue weighted by molar-refractivity contribution is 5.97. The topological polar surface area (TPSA) is 22.1 Å². The van der Waals surface area contributed by atoms with Crippen molar-refractivity contribution >= 4 is 10.9 Å². The maximum absolute atomic E-state index is 5.37. The number of ether oxygens (including phenoxy) is 1. The second-order valence-electron chi connectivity index (χ2n) is 6.17. The van der Waals surface area contributed by atoms with Gasteiger partial charge in [-0.3, -0.25) is 0 Å². The third kappa shape index (κ3) is 2.99. The number of nitrogens with zero attached hydrogens (tertiary/aromatic N) is 1. The van der Waals surface area contributed by atoms with Gasteiger partial charge < -0.3 is 4.74 Å². The van der Waals surface area contributed by atoms with Gasteiger partial charge in [0.1, 0.15) is 5.75 Å². The molecule has 0 amide bonds. The van der Waals surface area contributed by atoms with Crippen LogP contribution < -0.4 is 4.74 Å². The van der Waals surface area contributed by atoms with Crippen LogP contribution in [0.15, 0.2) is 78.9 Å². The fraction of sp³-hybridized carbons (Fsp3) is 0.0870. The van der Waals surface area contributed by atoms with Gasteiger partial charge in [0.05, 0.1) is 18.3 Å². The van der Waals surface area contributed by atoms with Crippen LogP contribution in [0.2, 0.25) is 0 Å². The van der Waals surface area contributed by atoms with Crippen LogP contribution in [0.3, 0.4) is 0 Å². The van der Waals surface area contributed by atoms with Gasteiger partial charge in [-0.1, -0.05) is 54.6 Å². The smallest absolute Gasteiger partial charge is 0.119 e. The Bertz CT molecular complexity index is 1040. The monoisotopic (exact) mass is 325 g/mol. The number of hydrogen-bond donors (Lipinski definition) is 0. The molecule has 0 spiro atoms. The van der Waals surface area contributed by atoms with Crippen molar-refractivity contribution in [1.29, 1.82) is 0 Å². The number of benzene rings is 3. The molecule has 25 heavy (non-hydrogen) atoms. The number of hydrogen-bond acceptors (Lipinski definition) is 2. The number of fused-ring (bicyclic) bond motifs is 1. The third-order valence-corrected chi connectivity index (χ3v) is 4.42. The Kier molecular flexibility index (Phi) is 3.95. The molecule has 0 N–H and O–H groups in total.